The Bertz CT molecular complexity index is 810. The minimum atomic E-state index is 0.584. The SMILES string of the molecule is COc1cccc(Nc2nc3c(s2)CCCc2[nH]ncc2-3)n1. The predicted octanol–water partition coefficient (Wildman–Crippen LogP) is 3.17. The molecule has 0 radical (unpaired) electrons. The first kappa shape index (κ1) is 13.3. The van der Waals surface area contributed by atoms with E-state index in [9.17, 15) is 0 Å². The van der Waals surface area contributed by atoms with Crippen molar-refractivity contribution >= 4 is 22.3 Å². The fraction of sp³-hybridized carbons (Fsp3) is 0.267. The summed E-state index contributed by atoms with van der Waals surface area (Å²) in [7, 11) is 1.61. The Morgan fingerprint density at radius 3 is 3.14 bits per heavy atom. The van der Waals surface area contributed by atoms with Crippen molar-refractivity contribution < 1.29 is 4.74 Å². The van der Waals surface area contributed by atoms with E-state index in [0.717, 1.165) is 41.5 Å². The van der Waals surface area contributed by atoms with Crippen LogP contribution in [-0.2, 0) is 12.8 Å². The summed E-state index contributed by atoms with van der Waals surface area (Å²) in [6, 6.07) is 5.62. The van der Waals surface area contributed by atoms with Gasteiger partial charge in [-0.05, 0) is 25.3 Å². The van der Waals surface area contributed by atoms with Gasteiger partial charge in [-0.2, -0.15) is 10.1 Å². The molecule has 0 aliphatic heterocycles. The van der Waals surface area contributed by atoms with Gasteiger partial charge in [0.15, 0.2) is 5.13 Å². The predicted molar refractivity (Wildman–Crippen MR) is 85.8 cm³/mol. The molecule has 3 aromatic rings. The molecule has 0 saturated carbocycles. The molecule has 3 heterocycles. The number of pyridine rings is 1. The molecule has 0 spiro atoms. The first-order valence-corrected chi connectivity index (χ1v) is 7.95. The maximum absolute atomic E-state index is 5.15. The Balaban J connectivity index is 1.67. The largest absolute Gasteiger partial charge is 0.481 e. The number of rotatable bonds is 3. The fourth-order valence-corrected chi connectivity index (χ4v) is 3.65. The lowest BCUT2D eigenvalue weighted by molar-refractivity contribution is 0.398. The standard InChI is InChI=1S/C15H15N5OS/c1-21-13-7-3-6-12(17-13)18-15-19-14-9-8-16-20-10(9)4-2-5-11(14)22-15/h3,6-8H,2,4-5H2,1H3,(H,16,20)(H,17,18,19). The fourth-order valence-electron chi connectivity index (χ4n) is 2.63. The van der Waals surface area contributed by atoms with E-state index in [1.165, 1.54) is 10.6 Å². The highest BCUT2D eigenvalue weighted by atomic mass is 32.1. The molecule has 22 heavy (non-hydrogen) atoms. The third kappa shape index (κ3) is 2.33. The molecule has 7 heteroatoms. The van der Waals surface area contributed by atoms with Crippen LogP contribution in [0.5, 0.6) is 5.88 Å². The molecule has 1 aliphatic carbocycles. The van der Waals surface area contributed by atoms with Crippen LogP contribution in [0.25, 0.3) is 11.3 Å². The van der Waals surface area contributed by atoms with Gasteiger partial charge in [0.05, 0.1) is 19.0 Å². The number of hydrogen-bond acceptors (Lipinski definition) is 6. The van der Waals surface area contributed by atoms with Crippen LogP contribution in [0.4, 0.5) is 10.9 Å². The summed E-state index contributed by atoms with van der Waals surface area (Å²) in [6.45, 7) is 0. The van der Waals surface area contributed by atoms with Gasteiger partial charge in [0.2, 0.25) is 5.88 Å². The first-order valence-electron chi connectivity index (χ1n) is 7.14. The molecule has 2 N–H and O–H groups in total. The molecule has 0 atom stereocenters. The number of nitrogens with zero attached hydrogens (tertiary/aromatic N) is 3. The zero-order chi connectivity index (χ0) is 14.9. The summed E-state index contributed by atoms with van der Waals surface area (Å²) in [5.41, 5.74) is 3.34. The molecule has 1 aliphatic rings. The van der Waals surface area contributed by atoms with Crippen LogP contribution in [0.15, 0.2) is 24.4 Å². The van der Waals surface area contributed by atoms with Crippen LogP contribution in [0.3, 0.4) is 0 Å². The van der Waals surface area contributed by atoms with E-state index in [4.69, 9.17) is 9.72 Å². The lowest BCUT2D eigenvalue weighted by Gasteiger charge is -2.03. The lowest BCUT2D eigenvalue weighted by atomic mass is 10.2. The van der Waals surface area contributed by atoms with Crippen molar-refractivity contribution in [2.24, 2.45) is 0 Å². The van der Waals surface area contributed by atoms with Crippen molar-refractivity contribution in [2.75, 3.05) is 12.4 Å². The summed E-state index contributed by atoms with van der Waals surface area (Å²) >= 11 is 1.68. The summed E-state index contributed by atoms with van der Waals surface area (Å²) in [6.07, 6.45) is 5.05. The second-order valence-corrected chi connectivity index (χ2v) is 6.18. The summed E-state index contributed by atoms with van der Waals surface area (Å²) in [5.74, 6) is 1.32. The van der Waals surface area contributed by atoms with Crippen molar-refractivity contribution in [2.45, 2.75) is 19.3 Å². The van der Waals surface area contributed by atoms with Crippen LogP contribution in [0, 0.1) is 0 Å². The second kappa shape index (κ2) is 5.42. The number of aromatic amines is 1. The average Bonchev–Trinajstić information content (AvgIpc) is 3.11. The smallest absolute Gasteiger partial charge is 0.214 e. The van der Waals surface area contributed by atoms with Gasteiger partial charge < -0.3 is 10.1 Å². The monoisotopic (exact) mass is 313 g/mol. The molecule has 0 unspecified atom stereocenters. The highest BCUT2D eigenvalue weighted by Crippen LogP contribution is 2.37. The molecular formula is C15H15N5OS. The van der Waals surface area contributed by atoms with Crippen molar-refractivity contribution in [3.63, 3.8) is 0 Å². The summed E-state index contributed by atoms with van der Waals surface area (Å²) in [4.78, 5) is 10.4. The van der Waals surface area contributed by atoms with E-state index in [1.807, 2.05) is 24.4 Å². The normalized spacial score (nSPS) is 13.1. The minimum Gasteiger partial charge on any atom is -0.481 e. The number of ether oxygens (including phenoxy) is 1. The van der Waals surface area contributed by atoms with E-state index in [0.29, 0.717) is 5.88 Å². The second-order valence-electron chi connectivity index (χ2n) is 5.10. The zero-order valence-corrected chi connectivity index (χ0v) is 12.9. The van der Waals surface area contributed by atoms with Crippen molar-refractivity contribution in [3.05, 3.63) is 35.0 Å². The molecule has 6 nitrogen and oxygen atoms in total. The van der Waals surface area contributed by atoms with E-state index >= 15 is 0 Å². The van der Waals surface area contributed by atoms with Gasteiger partial charge >= 0.3 is 0 Å². The molecular weight excluding hydrogens is 298 g/mol. The number of aryl methyl sites for hydroxylation is 2. The van der Waals surface area contributed by atoms with Gasteiger partial charge in [0.25, 0.3) is 0 Å². The highest BCUT2D eigenvalue weighted by molar-refractivity contribution is 7.16. The number of hydrogen-bond donors (Lipinski definition) is 2. The number of methoxy groups -OCH3 is 1. The molecule has 0 aromatic carbocycles. The van der Waals surface area contributed by atoms with E-state index < -0.39 is 0 Å². The Morgan fingerprint density at radius 1 is 1.27 bits per heavy atom. The molecule has 3 aromatic heterocycles. The molecule has 4 rings (SSSR count). The van der Waals surface area contributed by atoms with Crippen LogP contribution in [0.1, 0.15) is 17.0 Å². The average molecular weight is 313 g/mol. The third-order valence-corrected chi connectivity index (χ3v) is 4.70. The number of fused-ring (bicyclic) bond motifs is 3. The van der Waals surface area contributed by atoms with Gasteiger partial charge in [-0.1, -0.05) is 6.07 Å². The van der Waals surface area contributed by atoms with Crippen LogP contribution >= 0.6 is 11.3 Å². The highest BCUT2D eigenvalue weighted by Gasteiger charge is 2.20. The van der Waals surface area contributed by atoms with E-state index in [1.54, 1.807) is 18.4 Å². The Kier molecular flexibility index (Phi) is 3.27. The minimum absolute atomic E-state index is 0.584. The third-order valence-electron chi connectivity index (χ3n) is 3.67. The first-order chi connectivity index (χ1) is 10.8. The number of thiazole rings is 1. The van der Waals surface area contributed by atoms with Crippen LogP contribution in [-0.4, -0.2) is 27.3 Å². The molecule has 0 bridgehead atoms. The Labute approximate surface area is 131 Å². The van der Waals surface area contributed by atoms with Gasteiger partial charge in [-0.3, -0.25) is 5.10 Å². The number of H-pyrrole nitrogens is 1. The van der Waals surface area contributed by atoms with Crippen LogP contribution in [0.2, 0.25) is 0 Å². The molecule has 0 saturated heterocycles. The van der Waals surface area contributed by atoms with E-state index in [-0.39, 0.29) is 0 Å². The van der Waals surface area contributed by atoms with Crippen molar-refractivity contribution in [3.8, 4) is 17.1 Å². The van der Waals surface area contributed by atoms with Gasteiger partial charge in [-0.25, -0.2) is 4.98 Å². The maximum atomic E-state index is 5.15. The number of nitrogens with one attached hydrogen (secondary N) is 2. The number of aromatic nitrogens is 4. The summed E-state index contributed by atoms with van der Waals surface area (Å²) in [5, 5.41) is 11.3. The zero-order valence-electron chi connectivity index (χ0n) is 12.1. The van der Waals surface area contributed by atoms with E-state index in [2.05, 4.69) is 20.5 Å². The Hall–Kier alpha value is -2.41. The Morgan fingerprint density at radius 2 is 2.23 bits per heavy atom. The maximum Gasteiger partial charge on any atom is 0.214 e. The lowest BCUT2D eigenvalue weighted by Crippen LogP contribution is -1.95. The quantitative estimate of drug-likeness (QED) is 0.777. The molecule has 0 amide bonds. The number of anilines is 2. The molecule has 0 fully saturated rings. The van der Waals surface area contributed by atoms with Gasteiger partial charge in [0.1, 0.15) is 5.82 Å². The molecule has 112 valence electrons. The van der Waals surface area contributed by atoms with Gasteiger partial charge in [0, 0.05) is 22.2 Å². The van der Waals surface area contributed by atoms with Crippen molar-refractivity contribution in [1.82, 2.24) is 20.2 Å². The van der Waals surface area contributed by atoms with Gasteiger partial charge in [-0.15, -0.1) is 11.3 Å². The van der Waals surface area contributed by atoms with Crippen LogP contribution < -0.4 is 10.1 Å². The topological polar surface area (TPSA) is 75.7 Å². The van der Waals surface area contributed by atoms with Crippen molar-refractivity contribution in [1.29, 1.82) is 0 Å². The summed E-state index contributed by atoms with van der Waals surface area (Å²) < 4.78 is 5.15.